The van der Waals surface area contributed by atoms with Crippen LogP contribution in [0.15, 0.2) is 12.2 Å². The Bertz CT molecular complexity index is 192. The van der Waals surface area contributed by atoms with Crippen molar-refractivity contribution in [1.29, 1.82) is 0 Å². The summed E-state index contributed by atoms with van der Waals surface area (Å²) in [6.07, 6.45) is 7.74. The van der Waals surface area contributed by atoms with E-state index in [1.54, 1.807) is 0 Å². The lowest BCUT2D eigenvalue weighted by Crippen LogP contribution is -2.28. The second-order valence-corrected chi connectivity index (χ2v) is 4.62. The van der Waals surface area contributed by atoms with E-state index in [4.69, 9.17) is 0 Å². The van der Waals surface area contributed by atoms with Crippen LogP contribution in [0.2, 0.25) is 0 Å². The minimum absolute atomic E-state index is 0.611. The Balaban J connectivity index is 2.32. The molecule has 11 heavy (non-hydrogen) atoms. The van der Waals surface area contributed by atoms with Gasteiger partial charge in [-0.2, -0.15) is 0 Å². The molecule has 0 heteroatoms. The molecule has 1 saturated carbocycles. The molecule has 2 aliphatic carbocycles. The summed E-state index contributed by atoms with van der Waals surface area (Å²) >= 11 is 0. The summed E-state index contributed by atoms with van der Waals surface area (Å²) in [5, 5.41) is 0. The van der Waals surface area contributed by atoms with Crippen molar-refractivity contribution >= 4 is 0 Å². The quantitative estimate of drug-likeness (QED) is 0.465. The maximum absolute atomic E-state index is 2.47. The third-order valence-corrected chi connectivity index (χ3v) is 4.38. The summed E-state index contributed by atoms with van der Waals surface area (Å²) in [5.74, 6) is 2.63. The molecule has 0 aromatic heterocycles. The Hall–Kier alpha value is -0.260. The highest BCUT2D eigenvalue weighted by Gasteiger charge is 2.48. The van der Waals surface area contributed by atoms with E-state index >= 15 is 0 Å². The maximum Gasteiger partial charge on any atom is -0.0171 e. The predicted molar refractivity (Wildman–Crippen MR) is 48.3 cm³/mol. The minimum atomic E-state index is 0.611. The molecule has 2 rings (SSSR count). The van der Waals surface area contributed by atoms with Crippen molar-refractivity contribution in [2.45, 2.75) is 33.6 Å². The van der Waals surface area contributed by atoms with Gasteiger partial charge in [-0.15, -0.1) is 0 Å². The zero-order valence-electron chi connectivity index (χ0n) is 7.80. The molecule has 0 bridgehead atoms. The van der Waals surface area contributed by atoms with Crippen LogP contribution in [-0.2, 0) is 0 Å². The summed E-state index contributed by atoms with van der Waals surface area (Å²) in [7, 11) is 0. The number of fused-ring (bicyclic) bond motifs is 1. The van der Waals surface area contributed by atoms with E-state index in [-0.39, 0.29) is 0 Å². The SMILES string of the molecule is CC1C=CC2CCC(C)C12C. The molecule has 1 fully saturated rings. The lowest BCUT2D eigenvalue weighted by Gasteiger charge is -2.34. The van der Waals surface area contributed by atoms with E-state index in [0.29, 0.717) is 5.41 Å². The van der Waals surface area contributed by atoms with Crippen LogP contribution in [0.5, 0.6) is 0 Å². The molecule has 0 spiro atoms. The van der Waals surface area contributed by atoms with Gasteiger partial charge in [0.1, 0.15) is 0 Å². The van der Waals surface area contributed by atoms with Crippen LogP contribution in [0.4, 0.5) is 0 Å². The molecule has 0 saturated heterocycles. The number of hydrogen-bond acceptors (Lipinski definition) is 0. The van der Waals surface area contributed by atoms with Crippen molar-refractivity contribution in [2.24, 2.45) is 23.2 Å². The molecule has 0 nitrogen and oxygen atoms in total. The van der Waals surface area contributed by atoms with E-state index in [9.17, 15) is 0 Å². The van der Waals surface area contributed by atoms with Gasteiger partial charge in [0.25, 0.3) is 0 Å². The monoisotopic (exact) mass is 150 g/mol. The molecule has 2 aliphatic rings. The molecular formula is C11H18. The van der Waals surface area contributed by atoms with E-state index in [1.807, 2.05) is 0 Å². The molecule has 0 radical (unpaired) electrons. The minimum Gasteiger partial charge on any atom is -0.0848 e. The molecule has 4 unspecified atom stereocenters. The van der Waals surface area contributed by atoms with E-state index in [0.717, 1.165) is 17.8 Å². The molecule has 62 valence electrons. The molecule has 0 aromatic carbocycles. The topological polar surface area (TPSA) is 0 Å². The van der Waals surface area contributed by atoms with Crippen molar-refractivity contribution in [3.63, 3.8) is 0 Å². The average Bonchev–Trinajstić information content (AvgIpc) is 2.40. The van der Waals surface area contributed by atoms with Gasteiger partial charge in [-0.05, 0) is 36.0 Å². The maximum atomic E-state index is 2.47. The van der Waals surface area contributed by atoms with E-state index < -0.39 is 0 Å². The summed E-state index contributed by atoms with van der Waals surface area (Å²) in [4.78, 5) is 0. The Labute approximate surface area is 69.7 Å². The summed E-state index contributed by atoms with van der Waals surface area (Å²) < 4.78 is 0. The van der Waals surface area contributed by atoms with Crippen LogP contribution in [0, 0.1) is 23.2 Å². The van der Waals surface area contributed by atoms with Gasteiger partial charge in [0.15, 0.2) is 0 Å². The van der Waals surface area contributed by atoms with Gasteiger partial charge in [-0.25, -0.2) is 0 Å². The van der Waals surface area contributed by atoms with Crippen LogP contribution in [0.25, 0.3) is 0 Å². The fourth-order valence-electron chi connectivity index (χ4n) is 3.02. The Morgan fingerprint density at radius 2 is 1.91 bits per heavy atom. The number of rotatable bonds is 0. The molecule has 0 N–H and O–H groups in total. The molecule has 0 heterocycles. The van der Waals surface area contributed by atoms with Crippen LogP contribution in [0.3, 0.4) is 0 Å². The standard InChI is InChI=1S/C11H18/c1-8-4-6-10-7-5-9(2)11(8,10)3/h4,6,8-10H,5,7H2,1-3H3. The van der Waals surface area contributed by atoms with Crippen LogP contribution >= 0.6 is 0 Å². The van der Waals surface area contributed by atoms with Crippen molar-refractivity contribution in [2.75, 3.05) is 0 Å². The van der Waals surface area contributed by atoms with E-state index in [1.165, 1.54) is 12.8 Å². The number of hydrogen-bond donors (Lipinski definition) is 0. The van der Waals surface area contributed by atoms with Crippen molar-refractivity contribution < 1.29 is 0 Å². The predicted octanol–water partition coefficient (Wildman–Crippen LogP) is 3.24. The first-order valence-electron chi connectivity index (χ1n) is 4.84. The van der Waals surface area contributed by atoms with Gasteiger partial charge >= 0.3 is 0 Å². The van der Waals surface area contributed by atoms with Crippen molar-refractivity contribution in [1.82, 2.24) is 0 Å². The molecule has 0 aliphatic heterocycles. The summed E-state index contributed by atoms with van der Waals surface area (Å²) in [6, 6.07) is 0. The zero-order chi connectivity index (χ0) is 8.06. The first kappa shape index (κ1) is 7.39. The van der Waals surface area contributed by atoms with Gasteiger partial charge in [0.05, 0.1) is 0 Å². The fourth-order valence-corrected chi connectivity index (χ4v) is 3.02. The van der Waals surface area contributed by atoms with Gasteiger partial charge < -0.3 is 0 Å². The highest BCUT2D eigenvalue weighted by atomic mass is 14.5. The second-order valence-electron chi connectivity index (χ2n) is 4.62. The van der Waals surface area contributed by atoms with Crippen molar-refractivity contribution in [3.8, 4) is 0 Å². The first-order chi connectivity index (χ1) is 5.15. The van der Waals surface area contributed by atoms with E-state index in [2.05, 4.69) is 32.9 Å². The fraction of sp³-hybridized carbons (Fsp3) is 0.818. The van der Waals surface area contributed by atoms with Gasteiger partial charge in [0, 0.05) is 0 Å². The Morgan fingerprint density at radius 1 is 1.18 bits per heavy atom. The van der Waals surface area contributed by atoms with Crippen LogP contribution in [0.1, 0.15) is 33.6 Å². The average molecular weight is 150 g/mol. The van der Waals surface area contributed by atoms with Gasteiger partial charge in [-0.1, -0.05) is 32.9 Å². The lowest BCUT2D eigenvalue weighted by atomic mass is 9.70. The second kappa shape index (κ2) is 2.12. The largest absolute Gasteiger partial charge is 0.0848 e. The van der Waals surface area contributed by atoms with Gasteiger partial charge in [0.2, 0.25) is 0 Å². The third kappa shape index (κ3) is 0.758. The van der Waals surface area contributed by atoms with Gasteiger partial charge in [-0.3, -0.25) is 0 Å². The lowest BCUT2D eigenvalue weighted by molar-refractivity contribution is 0.159. The first-order valence-corrected chi connectivity index (χ1v) is 4.84. The number of allylic oxidation sites excluding steroid dienone is 2. The third-order valence-electron chi connectivity index (χ3n) is 4.38. The molecule has 0 aromatic rings. The van der Waals surface area contributed by atoms with Crippen molar-refractivity contribution in [3.05, 3.63) is 12.2 Å². The smallest absolute Gasteiger partial charge is 0.0171 e. The summed E-state index contributed by atoms with van der Waals surface area (Å²) in [5.41, 5.74) is 0.611. The van der Waals surface area contributed by atoms with Crippen LogP contribution < -0.4 is 0 Å². The Morgan fingerprint density at radius 3 is 2.55 bits per heavy atom. The molecule has 4 atom stereocenters. The highest BCUT2D eigenvalue weighted by Crippen LogP contribution is 2.56. The summed E-state index contributed by atoms with van der Waals surface area (Å²) in [6.45, 7) is 7.27. The normalized spacial score (nSPS) is 55.0. The highest BCUT2D eigenvalue weighted by molar-refractivity contribution is 5.15. The van der Waals surface area contributed by atoms with Crippen LogP contribution in [-0.4, -0.2) is 0 Å². The molecule has 0 amide bonds. The molecular weight excluding hydrogens is 132 g/mol. The Kier molecular flexibility index (Phi) is 1.42. The zero-order valence-corrected chi connectivity index (χ0v) is 7.80.